The molecule has 20 heavy (non-hydrogen) atoms. The number of hydrogen-bond acceptors (Lipinski definition) is 6. The van der Waals surface area contributed by atoms with Crippen LogP contribution in [0.4, 0.5) is 0 Å². The molecule has 0 amide bonds. The fourth-order valence-corrected chi connectivity index (χ4v) is 2.25. The number of thiazole rings is 1. The van der Waals surface area contributed by atoms with Crippen LogP contribution in [0.1, 0.15) is 24.5 Å². The first-order valence-electron chi connectivity index (χ1n) is 7.00. The first-order valence-corrected chi connectivity index (χ1v) is 7.88. The number of ether oxygens (including phenoxy) is 3. The lowest BCUT2D eigenvalue weighted by atomic mass is 10.2. The maximum absolute atomic E-state index is 5.51. The minimum Gasteiger partial charge on any atom is -0.382 e. The summed E-state index contributed by atoms with van der Waals surface area (Å²) < 4.78 is 15.7. The van der Waals surface area contributed by atoms with Gasteiger partial charge in [0.25, 0.3) is 0 Å². The summed E-state index contributed by atoms with van der Waals surface area (Å²) in [7, 11) is 1.66. The topological polar surface area (TPSA) is 52.6 Å². The molecule has 0 spiro atoms. The van der Waals surface area contributed by atoms with Crippen molar-refractivity contribution in [1.82, 2.24) is 10.3 Å². The van der Waals surface area contributed by atoms with E-state index in [-0.39, 0.29) is 0 Å². The molecular weight excluding hydrogens is 276 g/mol. The van der Waals surface area contributed by atoms with Crippen molar-refractivity contribution in [1.29, 1.82) is 0 Å². The monoisotopic (exact) mass is 302 g/mol. The van der Waals surface area contributed by atoms with E-state index in [2.05, 4.69) is 29.5 Å². The number of methoxy groups -OCH3 is 1. The maximum Gasteiger partial charge on any atom is 0.107 e. The molecule has 0 aliphatic rings. The third-order valence-corrected chi connectivity index (χ3v) is 3.38. The lowest BCUT2D eigenvalue weighted by molar-refractivity contribution is 0.0193. The molecule has 0 saturated carbocycles. The van der Waals surface area contributed by atoms with Crippen molar-refractivity contribution in [3.63, 3.8) is 0 Å². The van der Waals surface area contributed by atoms with E-state index in [0.29, 0.717) is 39.0 Å². The van der Waals surface area contributed by atoms with Gasteiger partial charge in [0.2, 0.25) is 0 Å². The largest absolute Gasteiger partial charge is 0.382 e. The normalized spacial score (nSPS) is 11.4. The van der Waals surface area contributed by atoms with Gasteiger partial charge in [-0.25, -0.2) is 4.98 Å². The maximum atomic E-state index is 5.51. The Morgan fingerprint density at radius 2 is 1.95 bits per heavy atom. The third-order valence-electron chi connectivity index (χ3n) is 2.48. The molecule has 0 aliphatic carbocycles. The van der Waals surface area contributed by atoms with Crippen molar-refractivity contribution in [2.75, 3.05) is 40.1 Å². The van der Waals surface area contributed by atoms with Gasteiger partial charge in [-0.3, -0.25) is 0 Å². The van der Waals surface area contributed by atoms with Crippen LogP contribution in [0.25, 0.3) is 0 Å². The highest BCUT2D eigenvalue weighted by atomic mass is 32.1. The van der Waals surface area contributed by atoms with Crippen LogP contribution in [0.5, 0.6) is 0 Å². The van der Waals surface area contributed by atoms with Gasteiger partial charge in [0, 0.05) is 19.0 Å². The van der Waals surface area contributed by atoms with E-state index in [1.165, 1.54) is 0 Å². The predicted octanol–water partition coefficient (Wildman–Crippen LogP) is 2.07. The lowest BCUT2D eigenvalue weighted by Crippen LogP contribution is -2.18. The smallest absolute Gasteiger partial charge is 0.107 e. The fourth-order valence-electron chi connectivity index (χ4n) is 1.50. The van der Waals surface area contributed by atoms with Gasteiger partial charge in [-0.05, 0) is 12.5 Å². The summed E-state index contributed by atoms with van der Waals surface area (Å²) in [6.07, 6.45) is 0. The van der Waals surface area contributed by atoms with Crippen LogP contribution in [0.3, 0.4) is 0 Å². The Labute approximate surface area is 125 Å². The van der Waals surface area contributed by atoms with Gasteiger partial charge in [0.1, 0.15) is 5.01 Å². The highest BCUT2D eigenvalue weighted by molar-refractivity contribution is 7.09. The molecule has 1 heterocycles. The minimum absolute atomic E-state index is 0.550. The third kappa shape index (κ3) is 8.60. The van der Waals surface area contributed by atoms with Crippen LogP contribution in [0.2, 0.25) is 0 Å². The van der Waals surface area contributed by atoms with Crippen molar-refractivity contribution < 1.29 is 14.2 Å². The van der Waals surface area contributed by atoms with Gasteiger partial charge in [-0.1, -0.05) is 13.8 Å². The molecule has 0 fully saturated rings. The molecule has 6 heteroatoms. The molecule has 1 aromatic heterocycles. The average molecular weight is 302 g/mol. The van der Waals surface area contributed by atoms with E-state index in [0.717, 1.165) is 23.8 Å². The Kier molecular flexibility index (Phi) is 9.78. The van der Waals surface area contributed by atoms with Crippen molar-refractivity contribution in [2.24, 2.45) is 5.92 Å². The fraction of sp³-hybridized carbons (Fsp3) is 0.786. The van der Waals surface area contributed by atoms with Crippen LogP contribution in [0, 0.1) is 5.92 Å². The van der Waals surface area contributed by atoms with E-state index < -0.39 is 0 Å². The van der Waals surface area contributed by atoms with Gasteiger partial charge < -0.3 is 19.5 Å². The standard InChI is InChI=1S/C14H26N2O3S/c1-12(2)8-15-9-14-16-13(11-20-14)10-19-7-6-18-5-4-17-3/h11-12,15H,4-10H2,1-3H3. The van der Waals surface area contributed by atoms with Crippen molar-refractivity contribution in [3.8, 4) is 0 Å². The average Bonchev–Trinajstić information content (AvgIpc) is 2.85. The molecule has 0 aromatic carbocycles. The van der Waals surface area contributed by atoms with E-state index in [1.54, 1.807) is 18.4 Å². The molecule has 1 rings (SSSR count). The molecular formula is C14H26N2O3S. The van der Waals surface area contributed by atoms with Crippen LogP contribution >= 0.6 is 11.3 Å². The van der Waals surface area contributed by atoms with Crippen molar-refractivity contribution in [2.45, 2.75) is 27.0 Å². The van der Waals surface area contributed by atoms with E-state index in [9.17, 15) is 0 Å². The zero-order chi connectivity index (χ0) is 14.6. The molecule has 0 radical (unpaired) electrons. The molecule has 0 atom stereocenters. The predicted molar refractivity (Wildman–Crippen MR) is 81.0 cm³/mol. The molecule has 0 aliphatic heterocycles. The van der Waals surface area contributed by atoms with Crippen LogP contribution in [-0.2, 0) is 27.4 Å². The summed E-state index contributed by atoms with van der Waals surface area (Å²) >= 11 is 1.67. The first-order chi connectivity index (χ1) is 9.72. The summed E-state index contributed by atoms with van der Waals surface area (Å²) in [5, 5.41) is 6.55. The van der Waals surface area contributed by atoms with Crippen molar-refractivity contribution >= 4 is 11.3 Å². The molecule has 5 nitrogen and oxygen atoms in total. The van der Waals surface area contributed by atoms with Gasteiger partial charge in [0.05, 0.1) is 38.7 Å². The van der Waals surface area contributed by atoms with Crippen LogP contribution < -0.4 is 5.32 Å². The second kappa shape index (κ2) is 11.2. The van der Waals surface area contributed by atoms with Gasteiger partial charge >= 0.3 is 0 Å². The molecule has 0 unspecified atom stereocenters. The lowest BCUT2D eigenvalue weighted by Gasteiger charge is -2.05. The number of rotatable bonds is 12. The Morgan fingerprint density at radius 1 is 1.20 bits per heavy atom. The van der Waals surface area contributed by atoms with Gasteiger partial charge in [0.15, 0.2) is 0 Å². The molecule has 0 bridgehead atoms. The first kappa shape index (κ1) is 17.5. The van der Waals surface area contributed by atoms with Crippen molar-refractivity contribution in [3.05, 3.63) is 16.1 Å². The SMILES string of the molecule is COCCOCCOCc1csc(CNCC(C)C)n1. The summed E-state index contributed by atoms with van der Waals surface area (Å²) in [5.74, 6) is 0.663. The minimum atomic E-state index is 0.550. The number of hydrogen-bond donors (Lipinski definition) is 1. The molecule has 1 N–H and O–H groups in total. The van der Waals surface area contributed by atoms with Crippen LogP contribution in [-0.4, -0.2) is 45.1 Å². The zero-order valence-electron chi connectivity index (χ0n) is 12.7. The number of aromatic nitrogens is 1. The Balaban J connectivity index is 2.05. The number of nitrogens with zero attached hydrogens (tertiary/aromatic N) is 1. The summed E-state index contributed by atoms with van der Waals surface area (Å²) in [4.78, 5) is 4.52. The molecule has 1 aromatic rings. The molecule has 116 valence electrons. The Bertz CT molecular complexity index is 345. The van der Waals surface area contributed by atoms with E-state index in [1.807, 2.05) is 0 Å². The number of nitrogens with one attached hydrogen (secondary N) is 1. The van der Waals surface area contributed by atoms with Crippen LogP contribution in [0.15, 0.2) is 5.38 Å². The molecule has 0 saturated heterocycles. The van der Waals surface area contributed by atoms with E-state index in [4.69, 9.17) is 14.2 Å². The summed E-state index contributed by atoms with van der Waals surface area (Å²) in [6.45, 7) is 9.21. The van der Waals surface area contributed by atoms with Gasteiger partial charge in [-0.15, -0.1) is 11.3 Å². The highest BCUT2D eigenvalue weighted by Crippen LogP contribution is 2.10. The second-order valence-electron chi connectivity index (χ2n) is 4.92. The zero-order valence-corrected chi connectivity index (χ0v) is 13.5. The second-order valence-corrected chi connectivity index (χ2v) is 5.86. The van der Waals surface area contributed by atoms with Gasteiger partial charge in [-0.2, -0.15) is 0 Å². The van der Waals surface area contributed by atoms with E-state index >= 15 is 0 Å². The summed E-state index contributed by atoms with van der Waals surface area (Å²) in [5.41, 5.74) is 0.994. The quantitative estimate of drug-likeness (QED) is 0.599. The Hall–Kier alpha value is -0.530. The highest BCUT2D eigenvalue weighted by Gasteiger charge is 2.02. The summed E-state index contributed by atoms with van der Waals surface area (Å²) in [6, 6.07) is 0. The Morgan fingerprint density at radius 3 is 2.70 bits per heavy atom.